The topological polar surface area (TPSA) is 49.4 Å². The van der Waals surface area contributed by atoms with Crippen molar-refractivity contribution in [1.29, 1.82) is 0 Å². The number of imide groups is 1. The average Bonchev–Trinajstić information content (AvgIpc) is 2.96. The summed E-state index contributed by atoms with van der Waals surface area (Å²) >= 11 is 6.04. The van der Waals surface area contributed by atoms with E-state index in [0.29, 0.717) is 16.3 Å². The third-order valence-corrected chi connectivity index (χ3v) is 5.58. The molecule has 7 heteroatoms. The lowest BCUT2D eigenvalue weighted by molar-refractivity contribution is -0.120. The van der Waals surface area contributed by atoms with E-state index in [1.165, 1.54) is 6.07 Å². The molecule has 32 heavy (non-hydrogen) atoms. The molecule has 3 aromatic rings. The normalized spacial score (nSPS) is 13.9. The molecule has 0 saturated carbocycles. The highest BCUT2D eigenvalue weighted by atomic mass is 35.5. The molecule has 0 aromatic heterocycles. The molecule has 4 nitrogen and oxygen atoms in total. The first-order valence-electron chi connectivity index (χ1n) is 9.86. The Hall–Kier alpha value is -3.51. The number of anilines is 2. The fourth-order valence-corrected chi connectivity index (χ4v) is 3.98. The fourth-order valence-electron chi connectivity index (χ4n) is 3.75. The Bertz CT molecular complexity index is 1320. The summed E-state index contributed by atoms with van der Waals surface area (Å²) in [6.45, 7) is 5.59. The summed E-state index contributed by atoms with van der Waals surface area (Å²) in [5.41, 5.74) is 3.92. The Balaban J connectivity index is 1.88. The largest absolute Gasteiger partial charge is 0.350 e. The van der Waals surface area contributed by atoms with Gasteiger partial charge in [-0.3, -0.25) is 9.59 Å². The third kappa shape index (κ3) is 3.78. The van der Waals surface area contributed by atoms with Crippen molar-refractivity contribution in [3.05, 3.63) is 99.2 Å². The average molecular weight is 453 g/mol. The number of benzene rings is 3. The van der Waals surface area contributed by atoms with E-state index in [2.05, 4.69) is 5.32 Å². The quantitative estimate of drug-likeness (QED) is 0.498. The van der Waals surface area contributed by atoms with Gasteiger partial charge in [-0.05, 0) is 67.8 Å². The van der Waals surface area contributed by atoms with Crippen molar-refractivity contribution >= 4 is 40.4 Å². The van der Waals surface area contributed by atoms with Crippen molar-refractivity contribution in [2.24, 2.45) is 0 Å². The van der Waals surface area contributed by atoms with Gasteiger partial charge in [0.25, 0.3) is 11.8 Å². The third-order valence-electron chi connectivity index (χ3n) is 5.34. The van der Waals surface area contributed by atoms with Crippen LogP contribution in [0.25, 0.3) is 5.57 Å². The van der Waals surface area contributed by atoms with Crippen molar-refractivity contribution in [3.8, 4) is 0 Å². The molecule has 4 rings (SSSR count). The minimum absolute atomic E-state index is 0.0502. The van der Waals surface area contributed by atoms with Gasteiger partial charge in [-0.2, -0.15) is 0 Å². The molecule has 1 aliphatic rings. The van der Waals surface area contributed by atoms with E-state index in [4.69, 9.17) is 11.6 Å². The molecule has 0 bridgehead atoms. The highest BCUT2D eigenvalue weighted by Crippen LogP contribution is 2.36. The molecule has 0 unspecified atom stereocenters. The standard InChI is InChI=1S/C25H19ClF2N2O2/c1-13-4-7-18(14(2)10-13)22-23(29-21-9-5-16(26)11-15(21)3)25(32)30(24(22)31)17-6-8-19(27)20(28)12-17/h4-12,29H,1-3H3. The van der Waals surface area contributed by atoms with E-state index in [1.54, 1.807) is 24.3 Å². The summed E-state index contributed by atoms with van der Waals surface area (Å²) in [4.78, 5) is 27.7. The molecule has 0 fully saturated rings. The van der Waals surface area contributed by atoms with E-state index >= 15 is 0 Å². The van der Waals surface area contributed by atoms with Crippen LogP contribution in [0.15, 0.2) is 60.3 Å². The number of aryl methyl sites for hydroxylation is 3. The van der Waals surface area contributed by atoms with Gasteiger partial charge in [-0.1, -0.05) is 35.4 Å². The molecule has 1 heterocycles. The Morgan fingerprint density at radius 1 is 0.812 bits per heavy atom. The van der Waals surface area contributed by atoms with Crippen molar-refractivity contribution in [1.82, 2.24) is 0 Å². The van der Waals surface area contributed by atoms with Gasteiger partial charge in [-0.15, -0.1) is 0 Å². The van der Waals surface area contributed by atoms with E-state index in [-0.39, 0.29) is 17.0 Å². The van der Waals surface area contributed by atoms with Crippen LogP contribution < -0.4 is 10.2 Å². The van der Waals surface area contributed by atoms with Gasteiger partial charge in [0.05, 0.1) is 11.3 Å². The summed E-state index contributed by atoms with van der Waals surface area (Å²) in [6, 6.07) is 13.6. The molecular weight excluding hydrogens is 434 g/mol. The summed E-state index contributed by atoms with van der Waals surface area (Å²) in [6.07, 6.45) is 0. The summed E-state index contributed by atoms with van der Waals surface area (Å²) in [5.74, 6) is -3.50. The van der Waals surface area contributed by atoms with E-state index in [0.717, 1.165) is 33.7 Å². The minimum atomic E-state index is -1.15. The second-order valence-electron chi connectivity index (χ2n) is 7.70. The molecule has 3 aromatic carbocycles. The second kappa shape index (κ2) is 8.20. The van der Waals surface area contributed by atoms with Crippen molar-refractivity contribution in [2.75, 3.05) is 10.2 Å². The predicted octanol–water partition coefficient (Wildman–Crippen LogP) is 5.94. The molecule has 0 saturated heterocycles. The number of amides is 2. The Labute approximate surface area is 189 Å². The van der Waals surface area contributed by atoms with Gasteiger partial charge in [0.15, 0.2) is 11.6 Å². The number of nitrogens with one attached hydrogen (secondary N) is 1. The zero-order valence-electron chi connectivity index (χ0n) is 17.6. The van der Waals surface area contributed by atoms with Crippen LogP contribution in [0.2, 0.25) is 5.02 Å². The number of rotatable bonds is 4. The highest BCUT2D eigenvalue weighted by Gasteiger charge is 2.41. The van der Waals surface area contributed by atoms with Crippen molar-refractivity contribution < 1.29 is 18.4 Å². The molecule has 162 valence electrons. The van der Waals surface area contributed by atoms with E-state index < -0.39 is 23.4 Å². The first-order valence-corrected chi connectivity index (χ1v) is 10.2. The van der Waals surface area contributed by atoms with E-state index in [9.17, 15) is 18.4 Å². The zero-order valence-corrected chi connectivity index (χ0v) is 18.3. The SMILES string of the molecule is Cc1ccc(C2=C(Nc3ccc(Cl)cc3C)C(=O)N(c3ccc(F)c(F)c3)C2=O)c(C)c1. The maximum atomic E-state index is 13.9. The minimum Gasteiger partial charge on any atom is -0.350 e. The highest BCUT2D eigenvalue weighted by molar-refractivity contribution is 6.46. The van der Waals surface area contributed by atoms with Crippen LogP contribution in [-0.4, -0.2) is 11.8 Å². The predicted molar refractivity (Wildman–Crippen MR) is 121 cm³/mol. The van der Waals surface area contributed by atoms with Crippen LogP contribution in [-0.2, 0) is 9.59 Å². The van der Waals surface area contributed by atoms with E-state index in [1.807, 2.05) is 32.9 Å². The van der Waals surface area contributed by atoms with Crippen LogP contribution in [0.4, 0.5) is 20.2 Å². The number of nitrogens with zero attached hydrogens (tertiary/aromatic N) is 1. The summed E-state index contributed by atoms with van der Waals surface area (Å²) < 4.78 is 27.3. The van der Waals surface area contributed by atoms with Crippen LogP contribution in [0.5, 0.6) is 0 Å². The first-order chi connectivity index (χ1) is 15.2. The molecule has 0 spiro atoms. The maximum Gasteiger partial charge on any atom is 0.282 e. The lowest BCUT2D eigenvalue weighted by Gasteiger charge is -2.16. The smallest absolute Gasteiger partial charge is 0.282 e. The molecular formula is C25H19ClF2N2O2. The van der Waals surface area contributed by atoms with Gasteiger partial charge in [-0.25, -0.2) is 13.7 Å². The van der Waals surface area contributed by atoms with Gasteiger partial charge in [0.2, 0.25) is 0 Å². The summed E-state index contributed by atoms with van der Waals surface area (Å²) in [5, 5.41) is 3.61. The number of carbonyl (C=O) groups excluding carboxylic acids is 2. The molecule has 1 aliphatic heterocycles. The molecule has 0 atom stereocenters. The molecule has 0 radical (unpaired) electrons. The molecule has 2 amide bonds. The Morgan fingerprint density at radius 3 is 2.22 bits per heavy atom. The number of halogens is 3. The van der Waals surface area contributed by atoms with Gasteiger partial charge < -0.3 is 5.32 Å². The number of carbonyl (C=O) groups is 2. The van der Waals surface area contributed by atoms with Crippen LogP contribution >= 0.6 is 11.6 Å². The van der Waals surface area contributed by atoms with Crippen LogP contribution in [0.3, 0.4) is 0 Å². The Kier molecular flexibility index (Phi) is 5.57. The summed E-state index contributed by atoms with van der Waals surface area (Å²) in [7, 11) is 0. The Morgan fingerprint density at radius 2 is 1.56 bits per heavy atom. The molecule has 0 aliphatic carbocycles. The monoisotopic (exact) mass is 452 g/mol. The van der Waals surface area contributed by atoms with Crippen LogP contribution in [0.1, 0.15) is 22.3 Å². The lowest BCUT2D eigenvalue weighted by Crippen LogP contribution is -2.32. The van der Waals surface area contributed by atoms with Gasteiger partial charge in [0.1, 0.15) is 5.70 Å². The van der Waals surface area contributed by atoms with Gasteiger partial charge >= 0.3 is 0 Å². The second-order valence-corrected chi connectivity index (χ2v) is 8.13. The van der Waals surface area contributed by atoms with Gasteiger partial charge in [0, 0.05) is 16.8 Å². The zero-order chi connectivity index (χ0) is 23.2. The number of hydrogen-bond acceptors (Lipinski definition) is 3. The number of hydrogen-bond donors (Lipinski definition) is 1. The van der Waals surface area contributed by atoms with Crippen LogP contribution in [0, 0.1) is 32.4 Å². The molecule has 1 N–H and O–H groups in total. The maximum absolute atomic E-state index is 13.9. The lowest BCUT2D eigenvalue weighted by atomic mass is 9.97. The first kappa shape index (κ1) is 21.7. The van der Waals surface area contributed by atoms with Crippen molar-refractivity contribution in [3.63, 3.8) is 0 Å². The van der Waals surface area contributed by atoms with Crippen molar-refractivity contribution in [2.45, 2.75) is 20.8 Å². The fraction of sp³-hybridized carbons (Fsp3) is 0.120.